The molecule has 0 radical (unpaired) electrons. The first-order chi connectivity index (χ1) is 7.43. The van der Waals surface area contributed by atoms with Gasteiger partial charge in [-0.3, -0.25) is 0 Å². The number of benzene rings is 1. The second kappa shape index (κ2) is 8.25. The average Bonchev–Trinajstić information content (AvgIpc) is 2.29. The van der Waals surface area contributed by atoms with Gasteiger partial charge in [0, 0.05) is 6.61 Å². The highest BCUT2D eigenvalue weighted by molar-refractivity contribution is 5.48. The molecule has 0 unspecified atom stereocenters. The highest BCUT2D eigenvalue weighted by Crippen LogP contribution is 2.06. The molecule has 0 bridgehead atoms. The number of hydrogen-bond donors (Lipinski definition) is 1. The van der Waals surface area contributed by atoms with Gasteiger partial charge in [0.25, 0.3) is 0 Å². The first-order valence-electron chi connectivity index (χ1n) is 5.76. The summed E-state index contributed by atoms with van der Waals surface area (Å²) in [6, 6.07) is 10.4. The molecule has 15 heavy (non-hydrogen) atoms. The first-order valence-corrected chi connectivity index (χ1v) is 5.76. The van der Waals surface area contributed by atoms with Crippen molar-refractivity contribution in [2.24, 2.45) is 0 Å². The molecule has 1 nitrogen and oxygen atoms in total. The molecule has 1 rings (SSSR count). The summed E-state index contributed by atoms with van der Waals surface area (Å²) in [5.41, 5.74) is 1.27. The highest BCUT2D eigenvalue weighted by atomic mass is 16.2. The van der Waals surface area contributed by atoms with Crippen molar-refractivity contribution in [3.8, 4) is 0 Å². The van der Waals surface area contributed by atoms with Crippen LogP contribution in [0.2, 0.25) is 0 Å². The molecule has 0 aromatic heterocycles. The molecule has 1 N–H and O–H groups in total. The molecule has 0 saturated carbocycles. The fraction of sp³-hybridized carbons (Fsp3) is 0.429. The van der Waals surface area contributed by atoms with Crippen molar-refractivity contribution < 1.29 is 5.11 Å². The Morgan fingerprint density at radius 1 is 0.933 bits per heavy atom. The Balaban J connectivity index is 2.07. The van der Waals surface area contributed by atoms with Crippen LogP contribution in [-0.2, 0) is 0 Å². The van der Waals surface area contributed by atoms with Crippen LogP contribution in [0, 0.1) is 0 Å². The van der Waals surface area contributed by atoms with E-state index in [9.17, 15) is 0 Å². The van der Waals surface area contributed by atoms with Gasteiger partial charge in [-0.25, -0.2) is 0 Å². The predicted molar refractivity (Wildman–Crippen MR) is 65.6 cm³/mol. The minimum atomic E-state index is 0.333. The molecule has 1 aromatic carbocycles. The van der Waals surface area contributed by atoms with Crippen LogP contribution in [-0.4, -0.2) is 11.7 Å². The van der Waals surface area contributed by atoms with Gasteiger partial charge in [-0.2, -0.15) is 0 Å². The van der Waals surface area contributed by atoms with E-state index < -0.39 is 0 Å². The zero-order valence-electron chi connectivity index (χ0n) is 9.23. The normalized spacial score (nSPS) is 11.0. The average molecular weight is 204 g/mol. The summed E-state index contributed by atoms with van der Waals surface area (Å²) in [6.07, 6.45) is 10.1. The molecule has 0 heterocycles. The van der Waals surface area contributed by atoms with Crippen molar-refractivity contribution in [2.45, 2.75) is 32.1 Å². The van der Waals surface area contributed by atoms with Gasteiger partial charge >= 0.3 is 0 Å². The van der Waals surface area contributed by atoms with E-state index in [0.717, 1.165) is 19.3 Å². The van der Waals surface area contributed by atoms with E-state index in [-0.39, 0.29) is 0 Å². The molecular formula is C14H20O. The van der Waals surface area contributed by atoms with Crippen LogP contribution < -0.4 is 0 Å². The fourth-order valence-corrected chi connectivity index (χ4v) is 1.51. The fourth-order valence-electron chi connectivity index (χ4n) is 1.51. The minimum Gasteiger partial charge on any atom is -0.396 e. The molecule has 0 spiro atoms. The number of unbranched alkanes of at least 4 members (excludes halogenated alkanes) is 4. The maximum Gasteiger partial charge on any atom is 0.0431 e. The molecule has 1 heteroatoms. The molecule has 0 aliphatic carbocycles. The van der Waals surface area contributed by atoms with Crippen molar-refractivity contribution in [1.82, 2.24) is 0 Å². The monoisotopic (exact) mass is 204 g/mol. The van der Waals surface area contributed by atoms with Gasteiger partial charge in [-0.15, -0.1) is 0 Å². The second-order valence-electron chi connectivity index (χ2n) is 3.74. The highest BCUT2D eigenvalue weighted by Gasteiger charge is 1.87. The number of hydrogen-bond acceptors (Lipinski definition) is 1. The smallest absolute Gasteiger partial charge is 0.0431 e. The van der Waals surface area contributed by atoms with Crippen LogP contribution in [0.5, 0.6) is 0 Å². The quantitative estimate of drug-likeness (QED) is 0.672. The third-order valence-electron chi connectivity index (χ3n) is 2.39. The molecular weight excluding hydrogens is 184 g/mol. The summed E-state index contributed by atoms with van der Waals surface area (Å²) < 4.78 is 0. The lowest BCUT2D eigenvalue weighted by Crippen LogP contribution is -1.82. The summed E-state index contributed by atoms with van der Waals surface area (Å²) in [4.78, 5) is 0. The van der Waals surface area contributed by atoms with Crippen LogP contribution >= 0.6 is 0 Å². The summed E-state index contributed by atoms with van der Waals surface area (Å²) in [7, 11) is 0. The first kappa shape index (κ1) is 12.0. The predicted octanol–water partition coefficient (Wildman–Crippen LogP) is 3.64. The van der Waals surface area contributed by atoms with Gasteiger partial charge in [0.15, 0.2) is 0 Å². The molecule has 0 atom stereocenters. The molecule has 82 valence electrons. The van der Waals surface area contributed by atoms with E-state index in [1.54, 1.807) is 0 Å². The van der Waals surface area contributed by atoms with Crippen molar-refractivity contribution in [1.29, 1.82) is 0 Å². The topological polar surface area (TPSA) is 20.2 Å². The molecule has 0 fully saturated rings. The van der Waals surface area contributed by atoms with E-state index in [2.05, 4.69) is 36.4 Å². The lowest BCUT2D eigenvalue weighted by atomic mass is 10.1. The number of aliphatic hydroxyl groups excluding tert-OH is 1. The Labute approximate surface area is 92.5 Å². The number of allylic oxidation sites excluding steroid dienone is 1. The summed E-state index contributed by atoms with van der Waals surface area (Å²) in [5, 5.41) is 8.60. The number of rotatable bonds is 7. The van der Waals surface area contributed by atoms with Crippen molar-refractivity contribution in [2.75, 3.05) is 6.61 Å². The van der Waals surface area contributed by atoms with Gasteiger partial charge in [-0.05, 0) is 24.8 Å². The Bertz CT molecular complexity index is 264. The van der Waals surface area contributed by atoms with Crippen LogP contribution in [0.1, 0.15) is 37.7 Å². The minimum absolute atomic E-state index is 0.333. The van der Waals surface area contributed by atoms with Gasteiger partial charge in [0.05, 0.1) is 0 Å². The molecule has 0 aliphatic rings. The van der Waals surface area contributed by atoms with Crippen LogP contribution in [0.4, 0.5) is 0 Å². The third-order valence-corrected chi connectivity index (χ3v) is 2.39. The van der Waals surface area contributed by atoms with E-state index in [0.29, 0.717) is 6.61 Å². The van der Waals surface area contributed by atoms with E-state index in [4.69, 9.17) is 5.11 Å². The molecule has 0 amide bonds. The second-order valence-corrected chi connectivity index (χ2v) is 3.74. The molecule has 1 aromatic rings. The molecule has 0 saturated heterocycles. The Morgan fingerprint density at radius 3 is 2.40 bits per heavy atom. The summed E-state index contributed by atoms with van der Waals surface area (Å²) in [6.45, 7) is 0.333. The van der Waals surface area contributed by atoms with E-state index in [1.807, 2.05) is 6.07 Å². The number of aliphatic hydroxyl groups is 1. The van der Waals surface area contributed by atoms with E-state index in [1.165, 1.54) is 18.4 Å². The van der Waals surface area contributed by atoms with Crippen molar-refractivity contribution in [3.05, 3.63) is 42.0 Å². The zero-order valence-corrected chi connectivity index (χ0v) is 9.23. The standard InChI is InChI=1S/C14H20O/c15-13-9-4-2-1-3-6-10-14-11-7-5-8-12-14/h5-8,10-12,15H,1-4,9,13H2/b10-6+. The van der Waals surface area contributed by atoms with E-state index >= 15 is 0 Å². The lowest BCUT2D eigenvalue weighted by molar-refractivity contribution is 0.282. The van der Waals surface area contributed by atoms with Gasteiger partial charge in [0.2, 0.25) is 0 Å². The maximum atomic E-state index is 8.60. The Hall–Kier alpha value is -1.08. The van der Waals surface area contributed by atoms with Crippen LogP contribution in [0.3, 0.4) is 0 Å². The van der Waals surface area contributed by atoms with Gasteiger partial charge in [-0.1, -0.05) is 55.3 Å². The van der Waals surface area contributed by atoms with Crippen molar-refractivity contribution in [3.63, 3.8) is 0 Å². The summed E-state index contributed by atoms with van der Waals surface area (Å²) in [5.74, 6) is 0. The summed E-state index contributed by atoms with van der Waals surface area (Å²) >= 11 is 0. The molecule has 0 aliphatic heterocycles. The van der Waals surface area contributed by atoms with Gasteiger partial charge < -0.3 is 5.11 Å². The lowest BCUT2D eigenvalue weighted by Gasteiger charge is -1.96. The third kappa shape index (κ3) is 6.08. The SMILES string of the molecule is OCCCCCC/C=C/c1ccccc1. The Morgan fingerprint density at radius 2 is 1.67 bits per heavy atom. The van der Waals surface area contributed by atoms with Crippen LogP contribution in [0.25, 0.3) is 6.08 Å². The van der Waals surface area contributed by atoms with Gasteiger partial charge in [0.1, 0.15) is 0 Å². The zero-order chi connectivity index (χ0) is 10.8. The van der Waals surface area contributed by atoms with Crippen LogP contribution in [0.15, 0.2) is 36.4 Å². The Kier molecular flexibility index (Phi) is 6.59. The largest absolute Gasteiger partial charge is 0.396 e. The maximum absolute atomic E-state index is 8.60. The van der Waals surface area contributed by atoms with Crippen molar-refractivity contribution >= 4 is 6.08 Å².